The zero-order valence-electron chi connectivity index (χ0n) is 20.6. The minimum absolute atomic E-state index is 0.122. The SMILES string of the molecule is Cc1cc(-[s+]2cc(C)c3ccccc32)cc(C)c1OCC(=O)OC(C)(C)C#Cc1ccccc1F. The van der Waals surface area contributed by atoms with Gasteiger partial charge in [-0.25, -0.2) is 9.18 Å². The first-order valence-corrected chi connectivity index (χ1v) is 12.7. The van der Waals surface area contributed by atoms with E-state index in [9.17, 15) is 9.18 Å². The second-order valence-electron chi connectivity index (χ2n) is 9.02. The van der Waals surface area contributed by atoms with Crippen molar-refractivity contribution in [2.75, 3.05) is 6.61 Å². The number of benzene rings is 3. The number of halogens is 1. The van der Waals surface area contributed by atoms with Crippen LogP contribution < -0.4 is 4.74 Å². The summed E-state index contributed by atoms with van der Waals surface area (Å²) in [5.74, 6) is 5.30. The fourth-order valence-corrected chi connectivity index (χ4v) is 6.30. The molecule has 1 aromatic heterocycles. The molecule has 0 aliphatic rings. The van der Waals surface area contributed by atoms with E-state index in [1.165, 1.54) is 26.6 Å². The molecule has 1 unspecified atom stereocenters. The molecule has 0 amide bonds. The van der Waals surface area contributed by atoms with Crippen LogP contribution in [0.2, 0.25) is 0 Å². The van der Waals surface area contributed by atoms with Crippen LogP contribution in [0.4, 0.5) is 4.39 Å². The number of thiophene rings is 1. The average Bonchev–Trinajstić information content (AvgIpc) is 3.14. The zero-order chi connectivity index (χ0) is 25.2. The lowest BCUT2D eigenvalue weighted by atomic mass is 10.1. The lowest BCUT2D eigenvalue weighted by Crippen LogP contribution is -2.29. The Bertz CT molecular complexity index is 1450. The summed E-state index contributed by atoms with van der Waals surface area (Å²) in [7, 11) is -0.122. The second-order valence-corrected chi connectivity index (χ2v) is 10.8. The molecule has 0 N–H and O–H groups in total. The van der Waals surface area contributed by atoms with Crippen LogP contribution in [0.3, 0.4) is 0 Å². The van der Waals surface area contributed by atoms with Crippen molar-refractivity contribution in [1.29, 1.82) is 0 Å². The number of hydrogen-bond donors (Lipinski definition) is 0. The smallest absolute Gasteiger partial charge is 0.345 e. The fraction of sp³-hybridized carbons (Fsp3) is 0.233. The largest absolute Gasteiger partial charge is 0.481 e. The van der Waals surface area contributed by atoms with Crippen molar-refractivity contribution in [2.45, 2.75) is 40.2 Å². The first-order valence-electron chi connectivity index (χ1n) is 11.4. The summed E-state index contributed by atoms with van der Waals surface area (Å²) in [5, 5.41) is 3.62. The molecule has 35 heavy (non-hydrogen) atoms. The molecule has 4 aromatic rings. The van der Waals surface area contributed by atoms with Crippen LogP contribution in [0.15, 0.2) is 66.0 Å². The van der Waals surface area contributed by atoms with Crippen molar-refractivity contribution >= 4 is 26.5 Å². The van der Waals surface area contributed by atoms with Crippen LogP contribution in [-0.2, 0) is 9.53 Å². The Labute approximate surface area is 208 Å². The summed E-state index contributed by atoms with van der Waals surface area (Å²) in [6.45, 7) is 9.22. The van der Waals surface area contributed by atoms with E-state index in [1.54, 1.807) is 32.0 Å². The van der Waals surface area contributed by atoms with Crippen LogP contribution in [0, 0.1) is 38.4 Å². The normalized spacial score (nSPS) is 11.7. The van der Waals surface area contributed by atoms with Crippen molar-refractivity contribution < 1.29 is 18.7 Å². The topological polar surface area (TPSA) is 35.5 Å². The lowest BCUT2D eigenvalue weighted by molar-refractivity contribution is -0.154. The standard InChI is InChI=1S/C30H28FO3S/c1-20-16-24(35-19-22(3)25-11-7-9-13-27(25)35)17-21(2)29(20)33-18-28(32)34-30(4,5)15-14-23-10-6-8-12-26(23)31/h6-13,16-17,19H,18H2,1-5H3/q+1. The number of esters is 1. The van der Waals surface area contributed by atoms with E-state index in [0.717, 1.165) is 11.1 Å². The summed E-state index contributed by atoms with van der Waals surface area (Å²) >= 11 is 0. The maximum Gasteiger partial charge on any atom is 0.345 e. The van der Waals surface area contributed by atoms with Gasteiger partial charge in [0.25, 0.3) is 0 Å². The molecule has 178 valence electrons. The highest BCUT2D eigenvalue weighted by Gasteiger charge is 2.23. The van der Waals surface area contributed by atoms with Gasteiger partial charge in [0.15, 0.2) is 21.8 Å². The Balaban J connectivity index is 1.46. The van der Waals surface area contributed by atoms with E-state index in [2.05, 4.69) is 60.5 Å². The molecule has 0 bridgehead atoms. The maximum absolute atomic E-state index is 13.8. The molecule has 0 saturated carbocycles. The molecule has 0 radical (unpaired) electrons. The predicted molar refractivity (Wildman–Crippen MR) is 141 cm³/mol. The van der Waals surface area contributed by atoms with Crippen molar-refractivity contribution in [3.8, 4) is 22.5 Å². The van der Waals surface area contributed by atoms with Crippen LogP contribution in [0.1, 0.15) is 36.1 Å². The maximum atomic E-state index is 13.8. The first kappa shape index (κ1) is 24.5. The van der Waals surface area contributed by atoms with Gasteiger partial charge in [0, 0.05) is 33.6 Å². The van der Waals surface area contributed by atoms with Crippen molar-refractivity contribution in [3.63, 3.8) is 0 Å². The second kappa shape index (κ2) is 9.93. The molecule has 5 heteroatoms. The third kappa shape index (κ3) is 5.55. The average molecular weight is 488 g/mol. The van der Waals surface area contributed by atoms with Gasteiger partial charge < -0.3 is 9.47 Å². The Hall–Kier alpha value is -3.62. The number of hydrogen-bond acceptors (Lipinski definition) is 3. The molecule has 0 saturated heterocycles. The molecular formula is C30H28FO3S+. The van der Waals surface area contributed by atoms with Gasteiger partial charge in [0.2, 0.25) is 0 Å². The summed E-state index contributed by atoms with van der Waals surface area (Å²) in [4.78, 5) is 13.7. The van der Waals surface area contributed by atoms with Crippen molar-refractivity contribution in [3.05, 3.63) is 94.1 Å². The number of aryl methyl sites for hydroxylation is 3. The van der Waals surface area contributed by atoms with Crippen molar-refractivity contribution in [1.82, 2.24) is 0 Å². The van der Waals surface area contributed by atoms with Gasteiger partial charge in [-0.2, -0.15) is 0 Å². The highest BCUT2D eigenvalue weighted by molar-refractivity contribution is 7.43. The van der Waals surface area contributed by atoms with Gasteiger partial charge >= 0.3 is 5.97 Å². The molecule has 3 nitrogen and oxygen atoms in total. The van der Waals surface area contributed by atoms with E-state index in [-0.39, 0.29) is 22.6 Å². The first-order chi connectivity index (χ1) is 16.6. The summed E-state index contributed by atoms with van der Waals surface area (Å²) in [6.07, 6.45) is 0. The summed E-state index contributed by atoms with van der Waals surface area (Å²) in [6, 6.07) is 19.0. The molecular weight excluding hydrogens is 459 g/mol. The molecule has 4 rings (SSSR count). The van der Waals surface area contributed by atoms with E-state index >= 15 is 0 Å². The van der Waals surface area contributed by atoms with Gasteiger partial charge in [-0.15, -0.1) is 0 Å². The van der Waals surface area contributed by atoms with Gasteiger partial charge in [-0.05, 0) is 70.0 Å². The molecule has 0 spiro atoms. The number of ether oxygens (including phenoxy) is 2. The quantitative estimate of drug-likeness (QED) is 0.167. The number of rotatable bonds is 5. The van der Waals surface area contributed by atoms with E-state index in [0.29, 0.717) is 5.75 Å². The van der Waals surface area contributed by atoms with Gasteiger partial charge in [-0.3, -0.25) is 0 Å². The third-order valence-corrected chi connectivity index (χ3v) is 7.77. The monoisotopic (exact) mass is 487 g/mol. The molecule has 0 aliphatic heterocycles. The van der Waals surface area contributed by atoms with E-state index < -0.39 is 17.4 Å². The van der Waals surface area contributed by atoms with Crippen LogP contribution in [-0.4, -0.2) is 18.2 Å². The Kier molecular flexibility index (Phi) is 6.95. The molecule has 0 aliphatic carbocycles. The van der Waals surface area contributed by atoms with Gasteiger partial charge in [0.05, 0.1) is 5.56 Å². The van der Waals surface area contributed by atoms with Crippen LogP contribution in [0.25, 0.3) is 15.0 Å². The summed E-state index contributed by atoms with van der Waals surface area (Å²) < 4.78 is 26.5. The van der Waals surface area contributed by atoms with Gasteiger partial charge in [-0.1, -0.05) is 36.1 Å². The fourth-order valence-electron chi connectivity index (χ4n) is 4.00. The Morgan fingerprint density at radius 3 is 2.34 bits per heavy atom. The number of carbonyl (C=O) groups is 1. The lowest BCUT2D eigenvalue weighted by Gasteiger charge is -2.19. The number of carbonyl (C=O) groups excluding carboxylic acids is 1. The minimum atomic E-state index is -1.09. The Morgan fingerprint density at radius 2 is 1.63 bits per heavy atom. The highest BCUT2D eigenvalue weighted by Crippen LogP contribution is 2.43. The van der Waals surface area contributed by atoms with Crippen LogP contribution >= 0.6 is 10.5 Å². The van der Waals surface area contributed by atoms with Crippen molar-refractivity contribution in [2.24, 2.45) is 0 Å². The molecule has 1 heterocycles. The van der Waals surface area contributed by atoms with E-state index in [1.807, 2.05) is 13.8 Å². The molecule has 1 atom stereocenters. The summed E-state index contributed by atoms with van der Waals surface area (Å²) in [5.41, 5.74) is 2.40. The molecule has 0 fully saturated rings. The zero-order valence-corrected chi connectivity index (χ0v) is 21.4. The predicted octanol–water partition coefficient (Wildman–Crippen LogP) is 7.39. The Morgan fingerprint density at radius 1 is 0.971 bits per heavy atom. The van der Waals surface area contributed by atoms with E-state index in [4.69, 9.17) is 9.47 Å². The minimum Gasteiger partial charge on any atom is -0.481 e. The highest BCUT2D eigenvalue weighted by atomic mass is 32.2. The molecule has 3 aromatic carbocycles. The van der Waals surface area contributed by atoms with Crippen LogP contribution in [0.5, 0.6) is 5.75 Å². The third-order valence-electron chi connectivity index (χ3n) is 5.61. The number of fused-ring (bicyclic) bond motifs is 1. The van der Waals surface area contributed by atoms with Gasteiger partial charge in [0.1, 0.15) is 16.9 Å².